The van der Waals surface area contributed by atoms with Crippen molar-refractivity contribution >= 4 is 27.6 Å². The lowest BCUT2D eigenvalue weighted by atomic mass is 10.2. The Labute approximate surface area is 108 Å². The molecular weight excluding hydrogens is 284 g/mol. The van der Waals surface area contributed by atoms with Gasteiger partial charge in [0.2, 0.25) is 0 Å². The van der Waals surface area contributed by atoms with Crippen LogP contribution in [0.15, 0.2) is 22.7 Å². The maximum Gasteiger partial charge on any atom is 0.323 e. The van der Waals surface area contributed by atoms with E-state index in [2.05, 4.69) is 22.0 Å². The third-order valence-corrected chi connectivity index (χ3v) is 3.31. The molecule has 17 heavy (non-hydrogen) atoms. The van der Waals surface area contributed by atoms with Gasteiger partial charge in [0, 0.05) is 10.5 Å². The number of aliphatic carboxylic acids is 1. The van der Waals surface area contributed by atoms with Crippen molar-refractivity contribution < 1.29 is 9.90 Å². The van der Waals surface area contributed by atoms with Gasteiger partial charge in [0.1, 0.15) is 6.54 Å². The van der Waals surface area contributed by atoms with Gasteiger partial charge in [-0.1, -0.05) is 0 Å². The van der Waals surface area contributed by atoms with E-state index in [1.165, 1.54) is 0 Å². The van der Waals surface area contributed by atoms with Crippen LogP contribution in [0, 0.1) is 11.3 Å². The Balaban J connectivity index is 2.29. The highest BCUT2D eigenvalue weighted by Gasteiger charge is 2.31. The second kappa shape index (κ2) is 4.76. The second-order valence-electron chi connectivity index (χ2n) is 4.03. The maximum absolute atomic E-state index is 10.8. The van der Waals surface area contributed by atoms with Gasteiger partial charge < -0.3 is 10.0 Å². The number of hydrogen-bond acceptors (Lipinski definition) is 3. The topological polar surface area (TPSA) is 64.3 Å². The van der Waals surface area contributed by atoms with Gasteiger partial charge in [0.15, 0.2) is 0 Å². The summed E-state index contributed by atoms with van der Waals surface area (Å²) in [5, 5.41) is 17.7. The summed E-state index contributed by atoms with van der Waals surface area (Å²) < 4.78 is 0.768. The number of hydrogen-bond donors (Lipinski definition) is 1. The lowest BCUT2D eigenvalue weighted by molar-refractivity contribution is -0.135. The van der Waals surface area contributed by atoms with Crippen molar-refractivity contribution in [1.29, 1.82) is 5.26 Å². The van der Waals surface area contributed by atoms with Crippen LogP contribution < -0.4 is 4.90 Å². The van der Waals surface area contributed by atoms with E-state index in [4.69, 9.17) is 10.4 Å². The molecule has 0 aromatic heterocycles. The molecule has 5 heteroatoms. The Morgan fingerprint density at radius 1 is 1.59 bits per heavy atom. The van der Waals surface area contributed by atoms with Crippen LogP contribution in [0.2, 0.25) is 0 Å². The maximum atomic E-state index is 10.8. The van der Waals surface area contributed by atoms with E-state index >= 15 is 0 Å². The predicted molar refractivity (Wildman–Crippen MR) is 66.9 cm³/mol. The molecule has 0 saturated heterocycles. The number of carbonyl (C=O) groups is 1. The van der Waals surface area contributed by atoms with Crippen molar-refractivity contribution in [1.82, 2.24) is 0 Å². The molecule has 1 saturated carbocycles. The Hall–Kier alpha value is -1.54. The number of anilines is 1. The molecule has 1 aromatic rings. The summed E-state index contributed by atoms with van der Waals surface area (Å²) in [4.78, 5) is 12.7. The fourth-order valence-electron chi connectivity index (χ4n) is 1.75. The SMILES string of the molecule is N#Cc1ccc(N(CC(=O)O)C2CC2)c(Br)c1. The van der Waals surface area contributed by atoms with E-state index in [1.54, 1.807) is 18.2 Å². The van der Waals surface area contributed by atoms with Crippen LogP contribution in [-0.2, 0) is 4.79 Å². The standard InChI is InChI=1S/C12H11BrN2O2/c13-10-5-8(6-14)1-4-11(10)15(7-12(16)17)9-2-3-9/h1,4-5,9H,2-3,7H2,(H,16,17). The summed E-state index contributed by atoms with van der Waals surface area (Å²) in [6.07, 6.45) is 2.06. The molecule has 1 N–H and O–H groups in total. The van der Waals surface area contributed by atoms with E-state index in [9.17, 15) is 4.79 Å². The van der Waals surface area contributed by atoms with Gasteiger partial charge in [0.25, 0.3) is 0 Å². The first-order valence-electron chi connectivity index (χ1n) is 5.30. The van der Waals surface area contributed by atoms with E-state index < -0.39 is 5.97 Å². The number of nitrogens with zero attached hydrogens (tertiary/aromatic N) is 2. The first kappa shape index (κ1) is 11.9. The number of halogens is 1. The fourth-order valence-corrected chi connectivity index (χ4v) is 2.36. The lowest BCUT2D eigenvalue weighted by Gasteiger charge is -2.23. The van der Waals surface area contributed by atoms with Crippen molar-refractivity contribution in [2.45, 2.75) is 18.9 Å². The Morgan fingerprint density at radius 2 is 2.29 bits per heavy atom. The molecule has 88 valence electrons. The summed E-state index contributed by atoms with van der Waals surface area (Å²) >= 11 is 3.39. The zero-order valence-corrected chi connectivity index (χ0v) is 10.6. The van der Waals surface area contributed by atoms with Crippen LogP contribution in [0.3, 0.4) is 0 Å². The van der Waals surface area contributed by atoms with Gasteiger partial charge in [-0.2, -0.15) is 5.26 Å². The minimum absolute atomic E-state index is 0.00479. The molecule has 0 radical (unpaired) electrons. The number of rotatable bonds is 4. The van der Waals surface area contributed by atoms with Gasteiger partial charge in [-0.15, -0.1) is 0 Å². The number of benzene rings is 1. The van der Waals surface area contributed by atoms with Crippen LogP contribution in [-0.4, -0.2) is 23.7 Å². The van der Waals surface area contributed by atoms with Crippen LogP contribution in [0.4, 0.5) is 5.69 Å². The van der Waals surface area contributed by atoms with Crippen LogP contribution >= 0.6 is 15.9 Å². The largest absolute Gasteiger partial charge is 0.480 e. The van der Waals surface area contributed by atoms with Crippen molar-refractivity contribution in [2.24, 2.45) is 0 Å². The quantitative estimate of drug-likeness (QED) is 0.926. The molecule has 1 aromatic carbocycles. The fraction of sp³-hybridized carbons (Fsp3) is 0.333. The summed E-state index contributed by atoms with van der Waals surface area (Å²) in [6, 6.07) is 7.59. The summed E-state index contributed by atoms with van der Waals surface area (Å²) in [6.45, 7) is -0.00479. The van der Waals surface area contributed by atoms with Crippen molar-refractivity contribution in [3.8, 4) is 6.07 Å². The average molecular weight is 295 g/mol. The molecule has 0 atom stereocenters. The molecule has 0 aliphatic heterocycles. The normalized spacial score (nSPS) is 14.1. The lowest BCUT2D eigenvalue weighted by Crippen LogP contribution is -2.31. The summed E-state index contributed by atoms with van der Waals surface area (Å²) in [7, 11) is 0. The van der Waals surface area contributed by atoms with Gasteiger partial charge in [-0.05, 0) is 47.0 Å². The van der Waals surface area contributed by atoms with E-state index in [0.717, 1.165) is 23.0 Å². The number of carboxylic acid groups (broad SMARTS) is 1. The van der Waals surface area contributed by atoms with E-state index in [0.29, 0.717) is 11.6 Å². The average Bonchev–Trinajstić information content (AvgIpc) is 3.09. The van der Waals surface area contributed by atoms with Crippen LogP contribution in [0.25, 0.3) is 0 Å². The zero-order chi connectivity index (χ0) is 12.4. The summed E-state index contributed by atoms with van der Waals surface area (Å²) in [5.74, 6) is -0.840. The number of carboxylic acids is 1. The molecule has 0 bridgehead atoms. The number of nitriles is 1. The van der Waals surface area contributed by atoms with Gasteiger partial charge in [-0.25, -0.2) is 0 Å². The first-order chi connectivity index (χ1) is 8.11. The monoisotopic (exact) mass is 294 g/mol. The highest BCUT2D eigenvalue weighted by Crippen LogP contribution is 2.35. The minimum Gasteiger partial charge on any atom is -0.480 e. The Kier molecular flexibility index (Phi) is 3.34. The summed E-state index contributed by atoms with van der Waals surface area (Å²) in [5.41, 5.74) is 1.40. The Morgan fingerprint density at radius 3 is 2.76 bits per heavy atom. The molecule has 0 spiro atoms. The molecule has 0 heterocycles. The first-order valence-corrected chi connectivity index (χ1v) is 6.09. The van der Waals surface area contributed by atoms with Gasteiger partial charge in [-0.3, -0.25) is 4.79 Å². The second-order valence-corrected chi connectivity index (χ2v) is 4.89. The third-order valence-electron chi connectivity index (χ3n) is 2.68. The van der Waals surface area contributed by atoms with Crippen molar-refractivity contribution in [3.05, 3.63) is 28.2 Å². The minimum atomic E-state index is -0.840. The molecular formula is C12H11BrN2O2. The molecule has 2 rings (SSSR count). The van der Waals surface area contributed by atoms with Crippen molar-refractivity contribution in [3.63, 3.8) is 0 Å². The molecule has 1 aliphatic carbocycles. The molecule has 0 unspecified atom stereocenters. The molecule has 1 aliphatic rings. The molecule has 4 nitrogen and oxygen atoms in total. The van der Waals surface area contributed by atoms with Crippen LogP contribution in [0.1, 0.15) is 18.4 Å². The smallest absolute Gasteiger partial charge is 0.323 e. The van der Waals surface area contributed by atoms with E-state index in [-0.39, 0.29) is 6.54 Å². The predicted octanol–water partition coefficient (Wildman–Crippen LogP) is 2.37. The molecule has 1 fully saturated rings. The third kappa shape index (κ3) is 2.77. The van der Waals surface area contributed by atoms with Crippen LogP contribution in [0.5, 0.6) is 0 Å². The van der Waals surface area contributed by atoms with Gasteiger partial charge in [0.05, 0.1) is 17.3 Å². The van der Waals surface area contributed by atoms with E-state index in [1.807, 2.05) is 4.90 Å². The van der Waals surface area contributed by atoms with Crippen molar-refractivity contribution in [2.75, 3.05) is 11.4 Å². The Bertz CT molecular complexity index is 492. The highest BCUT2D eigenvalue weighted by molar-refractivity contribution is 9.10. The highest BCUT2D eigenvalue weighted by atomic mass is 79.9. The van der Waals surface area contributed by atoms with Gasteiger partial charge >= 0.3 is 5.97 Å². The molecule has 0 amide bonds. The zero-order valence-electron chi connectivity index (χ0n) is 9.06.